The number of carboxylic acids is 1. The molecule has 1 aliphatic heterocycles. The number of benzene rings is 1. The van der Waals surface area contributed by atoms with Gasteiger partial charge in [-0.1, -0.05) is 30.3 Å². The number of carbonyl (C=O) groups excluding carboxylic acids is 1. The Hall–Kier alpha value is -2.91. The summed E-state index contributed by atoms with van der Waals surface area (Å²) in [6.45, 7) is 9.68. The Morgan fingerprint density at radius 2 is 1.77 bits per heavy atom. The van der Waals surface area contributed by atoms with E-state index in [4.69, 9.17) is 14.4 Å². The number of carboxylic acid groups (broad SMARTS) is 1. The van der Waals surface area contributed by atoms with E-state index in [0.717, 1.165) is 16.6 Å². The molecule has 1 saturated heterocycles. The molecule has 158 valence electrons. The first-order chi connectivity index (χ1) is 14.0. The van der Waals surface area contributed by atoms with Crippen LogP contribution < -0.4 is 5.32 Å². The minimum atomic E-state index is -1.06. The number of amides is 1. The Labute approximate surface area is 175 Å². The summed E-state index contributed by atoms with van der Waals surface area (Å²) in [5.74, 6) is -1.20. The maximum absolute atomic E-state index is 11.5. The van der Waals surface area contributed by atoms with Crippen LogP contribution >= 0.6 is 0 Å². The second kappa shape index (κ2) is 8.08. The average molecular weight is 411 g/mol. The monoisotopic (exact) mass is 411 g/mol. The number of rotatable bonds is 6. The van der Waals surface area contributed by atoms with Crippen molar-refractivity contribution in [3.8, 4) is 11.3 Å². The number of hydrogen-bond donors (Lipinski definition) is 3. The summed E-state index contributed by atoms with van der Waals surface area (Å²) < 4.78 is 12.3. The molecule has 9 heteroatoms. The van der Waals surface area contributed by atoms with Gasteiger partial charge in [-0.15, -0.1) is 0 Å². The van der Waals surface area contributed by atoms with E-state index in [2.05, 4.69) is 15.5 Å². The van der Waals surface area contributed by atoms with Gasteiger partial charge in [-0.25, -0.2) is 4.79 Å². The number of nitrogens with zero attached hydrogens (tertiary/aromatic N) is 1. The fourth-order valence-electron chi connectivity index (χ4n) is 2.97. The zero-order chi connectivity index (χ0) is 22.1. The summed E-state index contributed by atoms with van der Waals surface area (Å²) in [7, 11) is -0.578. The largest absolute Gasteiger partial charge is 0.492 e. The van der Waals surface area contributed by atoms with E-state index in [9.17, 15) is 9.59 Å². The van der Waals surface area contributed by atoms with Gasteiger partial charge in [0.05, 0.1) is 16.9 Å². The molecule has 1 fully saturated rings. The number of nitrogens with one attached hydrogen (secondary N) is 2. The molecule has 1 amide bonds. The summed E-state index contributed by atoms with van der Waals surface area (Å²) in [6, 6.07) is 8.98. The van der Waals surface area contributed by atoms with Gasteiger partial charge in [-0.3, -0.25) is 9.89 Å². The van der Waals surface area contributed by atoms with Crippen molar-refractivity contribution >= 4 is 25.1 Å². The maximum atomic E-state index is 11.5. The van der Waals surface area contributed by atoms with Crippen LogP contribution in [0.5, 0.6) is 0 Å². The quantitative estimate of drug-likeness (QED) is 0.630. The highest BCUT2D eigenvalue weighted by Crippen LogP contribution is 2.38. The second-order valence-corrected chi connectivity index (χ2v) is 8.31. The molecule has 2 aromatic rings. The van der Waals surface area contributed by atoms with Crippen molar-refractivity contribution in [2.45, 2.75) is 45.8 Å². The van der Waals surface area contributed by atoms with Gasteiger partial charge in [0.25, 0.3) is 0 Å². The first kappa shape index (κ1) is 21.8. The molecule has 1 aromatic heterocycles. The molecule has 1 aliphatic rings. The minimum absolute atomic E-state index is 0.0346. The fourth-order valence-corrected chi connectivity index (χ4v) is 2.97. The smallest absolute Gasteiger partial charge is 0.477 e. The molecule has 0 spiro atoms. The number of hydrogen-bond acceptors (Lipinski definition) is 5. The van der Waals surface area contributed by atoms with Crippen LogP contribution in [0.4, 0.5) is 0 Å². The van der Waals surface area contributed by atoms with Gasteiger partial charge < -0.3 is 19.7 Å². The van der Waals surface area contributed by atoms with Gasteiger partial charge >= 0.3 is 13.1 Å². The molecule has 2 heterocycles. The summed E-state index contributed by atoms with van der Waals surface area (Å²) in [6.07, 6.45) is 1.93. The molecular weight excluding hydrogens is 385 g/mol. The van der Waals surface area contributed by atoms with Gasteiger partial charge in [0.2, 0.25) is 5.91 Å². The highest BCUT2D eigenvalue weighted by molar-refractivity contribution is 6.56. The molecular formula is C21H26BN3O5. The van der Waals surface area contributed by atoms with E-state index in [-0.39, 0.29) is 11.6 Å². The number of aromatic amines is 1. The van der Waals surface area contributed by atoms with Crippen LogP contribution in [0.25, 0.3) is 17.3 Å². The standard InChI is InChI=1S/C21H26BN3O5/c1-13(26)23-12-16(22-29-20(2,3)21(4,5)30-22)10-14-6-8-15(9-7-14)17-11-18(19(27)28)25-24-17/h6-11H,12H2,1-5H3,(H,23,26)(H,24,25)(H,27,28). The van der Waals surface area contributed by atoms with Crippen molar-refractivity contribution in [1.29, 1.82) is 0 Å². The Morgan fingerprint density at radius 1 is 1.17 bits per heavy atom. The number of H-pyrrole nitrogens is 1. The molecule has 0 saturated carbocycles. The summed E-state index contributed by atoms with van der Waals surface area (Å²) in [4.78, 5) is 22.5. The van der Waals surface area contributed by atoms with E-state index < -0.39 is 24.3 Å². The van der Waals surface area contributed by atoms with E-state index in [0.29, 0.717) is 12.2 Å². The lowest BCUT2D eigenvalue weighted by Crippen LogP contribution is -2.41. The highest BCUT2D eigenvalue weighted by Gasteiger charge is 2.52. The molecule has 0 radical (unpaired) electrons. The molecule has 0 unspecified atom stereocenters. The predicted molar refractivity (Wildman–Crippen MR) is 114 cm³/mol. The van der Waals surface area contributed by atoms with Crippen LogP contribution in [0, 0.1) is 0 Å². The van der Waals surface area contributed by atoms with Gasteiger partial charge in [0.1, 0.15) is 5.69 Å². The number of carbonyl (C=O) groups is 2. The molecule has 0 atom stereocenters. The topological polar surface area (TPSA) is 114 Å². The van der Waals surface area contributed by atoms with Gasteiger partial charge in [-0.05, 0) is 44.8 Å². The average Bonchev–Trinajstić information content (AvgIpc) is 3.22. The van der Waals surface area contributed by atoms with Crippen LogP contribution in [-0.4, -0.2) is 52.0 Å². The lowest BCUT2D eigenvalue weighted by atomic mass is 9.77. The number of aromatic nitrogens is 2. The van der Waals surface area contributed by atoms with Crippen LogP contribution in [0.15, 0.2) is 35.8 Å². The predicted octanol–water partition coefficient (Wildman–Crippen LogP) is 2.93. The van der Waals surface area contributed by atoms with Crippen LogP contribution in [0.3, 0.4) is 0 Å². The van der Waals surface area contributed by atoms with Crippen LogP contribution in [0.1, 0.15) is 50.7 Å². The van der Waals surface area contributed by atoms with Gasteiger partial charge in [-0.2, -0.15) is 5.10 Å². The summed E-state index contributed by atoms with van der Waals surface area (Å²) in [5, 5.41) is 18.4. The molecule has 1 aromatic carbocycles. The fraction of sp³-hybridized carbons (Fsp3) is 0.381. The lowest BCUT2D eigenvalue weighted by Gasteiger charge is -2.32. The molecule has 30 heavy (non-hydrogen) atoms. The van der Waals surface area contributed by atoms with Crippen LogP contribution in [-0.2, 0) is 14.1 Å². The van der Waals surface area contributed by atoms with E-state index in [1.54, 1.807) is 0 Å². The molecule has 3 rings (SSSR count). The third-order valence-electron chi connectivity index (χ3n) is 5.46. The van der Waals surface area contributed by atoms with E-state index in [1.807, 2.05) is 58.0 Å². The van der Waals surface area contributed by atoms with Gasteiger partial charge in [0.15, 0.2) is 0 Å². The normalized spacial score (nSPS) is 17.8. The van der Waals surface area contributed by atoms with Crippen molar-refractivity contribution in [3.63, 3.8) is 0 Å². The maximum Gasteiger partial charge on any atom is 0.492 e. The summed E-state index contributed by atoms with van der Waals surface area (Å²) >= 11 is 0. The lowest BCUT2D eigenvalue weighted by molar-refractivity contribution is -0.118. The molecule has 0 bridgehead atoms. The Morgan fingerprint density at radius 3 is 2.27 bits per heavy atom. The van der Waals surface area contributed by atoms with Crippen molar-refractivity contribution in [2.24, 2.45) is 0 Å². The van der Waals surface area contributed by atoms with Crippen molar-refractivity contribution < 1.29 is 24.0 Å². The van der Waals surface area contributed by atoms with Crippen LogP contribution in [0.2, 0.25) is 0 Å². The van der Waals surface area contributed by atoms with Crippen molar-refractivity contribution in [1.82, 2.24) is 15.5 Å². The molecule has 3 N–H and O–H groups in total. The zero-order valence-corrected chi connectivity index (χ0v) is 17.8. The first-order valence-corrected chi connectivity index (χ1v) is 9.68. The number of aromatic carboxylic acids is 1. The van der Waals surface area contributed by atoms with Crippen molar-refractivity contribution in [2.75, 3.05) is 6.54 Å². The highest BCUT2D eigenvalue weighted by atomic mass is 16.7. The second-order valence-electron chi connectivity index (χ2n) is 8.31. The third kappa shape index (κ3) is 4.63. The third-order valence-corrected chi connectivity index (χ3v) is 5.46. The molecule has 8 nitrogen and oxygen atoms in total. The van der Waals surface area contributed by atoms with Gasteiger partial charge in [0, 0.05) is 19.0 Å². The Bertz CT molecular complexity index is 963. The van der Waals surface area contributed by atoms with Crippen molar-refractivity contribution in [3.05, 3.63) is 47.1 Å². The Kier molecular flexibility index (Phi) is 5.87. The zero-order valence-electron chi connectivity index (χ0n) is 17.8. The SMILES string of the molecule is CC(=O)NCC(=Cc1ccc(-c2cc(C(=O)O)[nH]n2)cc1)B1OC(C)(C)C(C)(C)O1. The molecule has 0 aliphatic carbocycles. The Balaban J connectivity index is 1.85. The first-order valence-electron chi connectivity index (χ1n) is 9.68. The summed E-state index contributed by atoms with van der Waals surface area (Å²) in [5.41, 5.74) is 2.08. The van der Waals surface area contributed by atoms with E-state index in [1.165, 1.54) is 13.0 Å². The van der Waals surface area contributed by atoms with E-state index >= 15 is 0 Å². The minimum Gasteiger partial charge on any atom is -0.477 e.